The molecule has 10 nitrogen and oxygen atoms in total. The highest BCUT2D eigenvalue weighted by Gasteiger charge is 2.32. The maximum absolute atomic E-state index is 13.5. The number of hydrogen-bond donors (Lipinski definition) is 4. The fraction of sp³-hybridized carbons (Fsp3) is 0.548. The highest BCUT2D eigenvalue weighted by atomic mass is 32.2. The van der Waals surface area contributed by atoms with Gasteiger partial charge in [0.15, 0.2) is 0 Å². The van der Waals surface area contributed by atoms with Gasteiger partial charge in [-0.1, -0.05) is 65.0 Å². The van der Waals surface area contributed by atoms with Gasteiger partial charge >= 0.3 is 0 Å². The van der Waals surface area contributed by atoms with Gasteiger partial charge in [0.25, 0.3) is 0 Å². The van der Waals surface area contributed by atoms with Crippen molar-refractivity contribution in [2.75, 3.05) is 33.3 Å². The second-order valence-electron chi connectivity index (χ2n) is 11.6. The summed E-state index contributed by atoms with van der Waals surface area (Å²) in [6, 6.07) is 14.4. The van der Waals surface area contributed by atoms with Crippen LogP contribution in [-0.4, -0.2) is 75.1 Å². The fourth-order valence-corrected chi connectivity index (χ4v) is 5.56. The van der Waals surface area contributed by atoms with Gasteiger partial charge in [0, 0.05) is 19.1 Å². The standard InChI is InChI=1S/C27H38N4O6S.C4H10/c1-19(2)17-31(38(35,36)23-13-11-22(37-3)12-14-23)18-24(32)27(20-7-5-4-6-8-20)30-26(34)16-29-25(33)15-28-21-9-10-21;1-4(2)3/h4-8,11-14,19,21,24,27-28,32H,9-10,15-18H2,1-3H3,(H,29,33)(H,30,34);4H,1-3H3/t24-,27+;/m1./s1. The summed E-state index contributed by atoms with van der Waals surface area (Å²) in [4.78, 5) is 24.8. The van der Waals surface area contributed by atoms with Crippen LogP contribution in [0, 0.1) is 11.8 Å². The molecule has 2 atom stereocenters. The molecule has 0 aliphatic heterocycles. The number of rotatable bonds is 15. The first-order valence-corrected chi connectivity index (χ1v) is 15.9. The molecule has 11 heteroatoms. The van der Waals surface area contributed by atoms with Crippen LogP contribution < -0.4 is 20.7 Å². The smallest absolute Gasteiger partial charge is 0.243 e. The van der Waals surface area contributed by atoms with Gasteiger partial charge in [0.1, 0.15) is 5.75 Å². The number of amides is 2. The summed E-state index contributed by atoms with van der Waals surface area (Å²) in [5, 5.41) is 19.7. The molecular formula is C31H48N4O6S. The van der Waals surface area contributed by atoms with Crippen molar-refractivity contribution in [2.45, 2.75) is 70.5 Å². The van der Waals surface area contributed by atoms with E-state index in [4.69, 9.17) is 4.74 Å². The third-order valence-electron chi connectivity index (χ3n) is 6.09. The summed E-state index contributed by atoms with van der Waals surface area (Å²) < 4.78 is 33.4. The zero-order chi connectivity index (χ0) is 31.3. The third-order valence-corrected chi connectivity index (χ3v) is 7.94. The van der Waals surface area contributed by atoms with E-state index in [1.165, 1.54) is 23.5 Å². The van der Waals surface area contributed by atoms with E-state index in [1.807, 2.05) is 13.8 Å². The summed E-state index contributed by atoms with van der Waals surface area (Å²) in [6.07, 6.45) is 0.833. The molecule has 1 saturated carbocycles. The Morgan fingerprint density at radius 1 is 0.929 bits per heavy atom. The van der Waals surface area contributed by atoms with Crippen molar-refractivity contribution in [3.05, 3.63) is 60.2 Å². The quantitative estimate of drug-likeness (QED) is 0.245. The van der Waals surface area contributed by atoms with Gasteiger partial charge in [-0.15, -0.1) is 0 Å². The van der Waals surface area contributed by atoms with Crippen molar-refractivity contribution >= 4 is 21.8 Å². The summed E-state index contributed by atoms with van der Waals surface area (Å²) in [6.45, 7) is 10.1. The highest BCUT2D eigenvalue weighted by Crippen LogP contribution is 2.24. The Labute approximate surface area is 251 Å². The first-order valence-electron chi connectivity index (χ1n) is 14.5. The molecule has 4 N–H and O–H groups in total. The maximum atomic E-state index is 13.5. The van der Waals surface area contributed by atoms with Crippen LogP contribution in [-0.2, 0) is 19.6 Å². The number of carbonyl (C=O) groups is 2. The van der Waals surface area contributed by atoms with Gasteiger partial charge in [-0.2, -0.15) is 4.31 Å². The number of methoxy groups -OCH3 is 1. The molecule has 0 radical (unpaired) electrons. The van der Waals surface area contributed by atoms with Crippen LogP contribution in [0.25, 0.3) is 0 Å². The van der Waals surface area contributed by atoms with Gasteiger partial charge in [-0.3, -0.25) is 9.59 Å². The lowest BCUT2D eigenvalue weighted by molar-refractivity contribution is -0.126. The molecule has 0 unspecified atom stereocenters. The summed E-state index contributed by atoms with van der Waals surface area (Å²) in [7, 11) is -2.45. The molecule has 3 rings (SSSR count). The maximum Gasteiger partial charge on any atom is 0.243 e. The number of aliphatic hydroxyl groups excluding tert-OH is 1. The Hall–Kier alpha value is -2.99. The van der Waals surface area contributed by atoms with E-state index in [0.717, 1.165) is 18.8 Å². The van der Waals surface area contributed by atoms with Crippen molar-refractivity contribution in [1.29, 1.82) is 0 Å². The van der Waals surface area contributed by atoms with Gasteiger partial charge in [-0.05, 0) is 54.5 Å². The lowest BCUT2D eigenvalue weighted by Crippen LogP contribution is -2.48. The molecule has 0 spiro atoms. The van der Waals surface area contributed by atoms with Crippen LogP contribution in [0.2, 0.25) is 0 Å². The first-order chi connectivity index (χ1) is 19.8. The predicted octanol–water partition coefficient (Wildman–Crippen LogP) is 3.09. The molecule has 0 aromatic heterocycles. The fourth-order valence-electron chi connectivity index (χ4n) is 3.94. The van der Waals surface area contributed by atoms with E-state index in [2.05, 4.69) is 36.7 Å². The van der Waals surface area contributed by atoms with E-state index in [9.17, 15) is 23.1 Å². The minimum atomic E-state index is -3.95. The largest absolute Gasteiger partial charge is 0.497 e. The normalized spacial score (nSPS) is 14.6. The highest BCUT2D eigenvalue weighted by molar-refractivity contribution is 7.89. The molecule has 1 aliphatic carbocycles. The first kappa shape index (κ1) is 35.2. The summed E-state index contributed by atoms with van der Waals surface area (Å²) in [5.41, 5.74) is 0.612. The molecule has 42 heavy (non-hydrogen) atoms. The number of nitrogens with one attached hydrogen (secondary N) is 3. The Bertz CT molecular complexity index is 1200. The number of aliphatic hydroxyl groups is 1. The number of ether oxygens (including phenoxy) is 1. The van der Waals surface area contributed by atoms with E-state index in [-0.39, 0.29) is 42.9 Å². The number of hydrogen-bond acceptors (Lipinski definition) is 7. The molecule has 1 fully saturated rings. The minimum Gasteiger partial charge on any atom is -0.497 e. The third kappa shape index (κ3) is 12.5. The zero-order valence-corrected chi connectivity index (χ0v) is 26.5. The van der Waals surface area contributed by atoms with Gasteiger partial charge in [0.2, 0.25) is 21.8 Å². The van der Waals surface area contributed by atoms with Crippen LogP contribution in [0.15, 0.2) is 59.5 Å². The van der Waals surface area contributed by atoms with E-state index >= 15 is 0 Å². The van der Waals surface area contributed by atoms with Crippen LogP contribution in [0.1, 0.15) is 59.1 Å². The van der Waals surface area contributed by atoms with Gasteiger partial charge in [-0.25, -0.2) is 8.42 Å². The average molecular weight is 605 g/mol. The second kappa shape index (κ2) is 17.2. The number of sulfonamides is 1. The second-order valence-corrected chi connectivity index (χ2v) is 13.5. The SMILES string of the molecule is CC(C)C.COc1ccc(S(=O)(=O)N(CC(C)C)C[C@@H](O)[C@@H](NC(=O)CNC(=O)CNC2CC2)c2ccccc2)cc1. The molecule has 0 saturated heterocycles. The molecule has 1 aliphatic rings. The van der Waals surface area contributed by atoms with Crippen LogP contribution >= 0.6 is 0 Å². The Balaban J connectivity index is 0.00000144. The van der Waals surface area contributed by atoms with Crippen LogP contribution in [0.4, 0.5) is 0 Å². The number of nitrogens with zero attached hydrogens (tertiary/aromatic N) is 1. The summed E-state index contributed by atoms with van der Waals surface area (Å²) in [5.74, 6) is 0.560. The topological polar surface area (TPSA) is 137 Å². The molecule has 234 valence electrons. The van der Waals surface area contributed by atoms with Gasteiger partial charge < -0.3 is 25.8 Å². The zero-order valence-electron chi connectivity index (χ0n) is 25.7. The Morgan fingerprint density at radius 2 is 1.52 bits per heavy atom. The van der Waals surface area contributed by atoms with Crippen molar-refractivity contribution in [1.82, 2.24) is 20.3 Å². The Kier molecular flexibility index (Phi) is 14.4. The molecule has 0 bridgehead atoms. The monoisotopic (exact) mass is 604 g/mol. The summed E-state index contributed by atoms with van der Waals surface area (Å²) >= 11 is 0. The molecule has 2 aromatic rings. The number of benzene rings is 2. The lowest BCUT2D eigenvalue weighted by atomic mass is 10.0. The van der Waals surface area contributed by atoms with E-state index in [1.54, 1.807) is 42.5 Å². The van der Waals surface area contributed by atoms with Crippen LogP contribution in [0.3, 0.4) is 0 Å². The molecular weight excluding hydrogens is 556 g/mol. The van der Waals surface area contributed by atoms with E-state index < -0.39 is 28.1 Å². The van der Waals surface area contributed by atoms with Crippen molar-refractivity contribution in [3.63, 3.8) is 0 Å². The van der Waals surface area contributed by atoms with Crippen molar-refractivity contribution < 1.29 is 27.9 Å². The van der Waals surface area contributed by atoms with Crippen LogP contribution in [0.5, 0.6) is 5.75 Å². The molecule has 2 aromatic carbocycles. The Morgan fingerprint density at radius 3 is 2.05 bits per heavy atom. The predicted molar refractivity (Wildman–Crippen MR) is 164 cm³/mol. The minimum absolute atomic E-state index is 0.0144. The van der Waals surface area contributed by atoms with Gasteiger partial charge in [0.05, 0.1) is 37.2 Å². The number of carbonyl (C=O) groups excluding carboxylic acids is 2. The molecule has 0 heterocycles. The van der Waals surface area contributed by atoms with Crippen molar-refractivity contribution in [2.24, 2.45) is 11.8 Å². The lowest BCUT2D eigenvalue weighted by Gasteiger charge is -2.31. The van der Waals surface area contributed by atoms with Crippen molar-refractivity contribution in [3.8, 4) is 5.75 Å². The average Bonchev–Trinajstić information content (AvgIpc) is 3.78. The van der Waals surface area contributed by atoms with E-state index in [0.29, 0.717) is 17.4 Å². The molecule has 2 amide bonds.